The number of non-ortho nitro benzene ring substituents is 1. The van der Waals surface area contributed by atoms with Gasteiger partial charge in [-0.15, -0.1) is 0 Å². The van der Waals surface area contributed by atoms with Crippen LogP contribution in [0.2, 0.25) is 0 Å². The summed E-state index contributed by atoms with van der Waals surface area (Å²) >= 11 is 0. The van der Waals surface area contributed by atoms with E-state index in [1.807, 2.05) is 0 Å². The van der Waals surface area contributed by atoms with Crippen LogP contribution >= 0.6 is 0 Å². The Labute approximate surface area is 115 Å². The summed E-state index contributed by atoms with van der Waals surface area (Å²) in [4.78, 5) is 20.5. The Morgan fingerprint density at radius 2 is 1.90 bits per heavy atom. The number of sulfonamides is 1. The molecule has 0 amide bonds. The van der Waals surface area contributed by atoms with Crippen molar-refractivity contribution in [3.8, 4) is 0 Å². The molecular formula is C11H14N2O6S. The summed E-state index contributed by atoms with van der Waals surface area (Å²) in [7, 11) is -3.77. The zero-order valence-corrected chi connectivity index (χ0v) is 11.5. The quantitative estimate of drug-likeness (QED) is 0.588. The number of nitrogens with zero attached hydrogens (tertiary/aromatic N) is 2. The molecule has 0 saturated carbocycles. The molecule has 110 valence electrons. The van der Waals surface area contributed by atoms with Crippen LogP contribution in [0, 0.1) is 10.1 Å². The Hall–Kier alpha value is -2.00. The van der Waals surface area contributed by atoms with E-state index in [9.17, 15) is 23.3 Å². The van der Waals surface area contributed by atoms with Gasteiger partial charge in [0.05, 0.1) is 10.7 Å². The molecule has 0 atom stereocenters. The molecule has 1 rings (SSSR count). The zero-order chi connectivity index (χ0) is 15.3. The lowest BCUT2D eigenvalue weighted by Crippen LogP contribution is -2.36. The van der Waals surface area contributed by atoms with Crippen LogP contribution in [0.1, 0.15) is 12.5 Å². The number of aliphatic carboxylic acids is 1. The summed E-state index contributed by atoms with van der Waals surface area (Å²) in [6, 6.07) is 5.09. The molecule has 0 spiro atoms. The summed E-state index contributed by atoms with van der Waals surface area (Å²) in [5.41, 5.74) is 0.225. The summed E-state index contributed by atoms with van der Waals surface area (Å²) in [5.74, 6) is -1.63. The number of hydrogen-bond donors (Lipinski definition) is 1. The van der Waals surface area contributed by atoms with Crippen molar-refractivity contribution < 1.29 is 23.2 Å². The molecule has 0 saturated heterocycles. The fraction of sp³-hybridized carbons (Fsp3) is 0.364. The first-order valence-electron chi connectivity index (χ1n) is 5.69. The van der Waals surface area contributed by atoms with Crippen molar-refractivity contribution in [3.63, 3.8) is 0 Å². The predicted octanol–water partition coefficient (Wildman–Crippen LogP) is 0.831. The average molecular weight is 302 g/mol. The van der Waals surface area contributed by atoms with Gasteiger partial charge in [-0.05, 0) is 5.56 Å². The number of benzene rings is 1. The van der Waals surface area contributed by atoms with E-state index in [0.29, 0.717) is 5.56 Å². The molecule has 0 heterocycles. The van der Waals surface area contributed by atoms with Crippen molar-refractivity contribution in [3.05, 3.63) is 39.9 Å². The molecule has 0 aliphatic rings. The van der Waals surface area contributed by atoms with Crippen LogP contribution in [0.5, 0.6) is 0 Å². The lowest BCUT2D eigenvalue weighted by atomic mass is 10.2. The molecule has 1 aromatic rings. The zero-order valence-electron chi connectivity index (χ0n) is 10.7. The number of carboxylic acids is 1. The Morgan fingerprint density at radius 3 is 2.30 bits per heavy atom. The van der Waals surface area contributed by atoms with Crippen LogP contribution in [-0.4, -0.2) is 41.8 Å². The Balaban J connectivity index is 2.89. The number of nitro benzene ring substituents is 1. The van der Waals surface area contributed by atoms with Crippen molar-refractivity contribution in [2.75, 3.05) is 13.1 Å². The molecule has 0 aromatic heterocycles. The molecule has 1 aromatic carbocycles. The van der Waals surface area contributed by atoms with Crippen LogP contribution in [0.4, 0.5) is 5.69 Å². The lowest BCUT2D eigenvalue weighted by Gasteiger charge is -2.18. The van der Waals surface area contributed by atoms with E-state index in [-0.39, 0.29) is 12.2 Å². The molecule has 0 fully saturated rings. The minimum absolute atomic E-state index is 0.0433. The normalized spacial score (nSPS) is 11.5. The van der Waals surface area contributed by atoms with E-state index in [1.165, 1.54) is 31.2 Å². The second kappa shape index (κ2) is 6.44. The molecule has 8 nitrogen and oxygen atoms in total. The average Bonchev–Trinajstić information content (AvgIpc) is 2.35. The topological polar surface area (TPSA) is 118 Å². The number of carbonyl (C=O) groups is 1. The van der Waals surface area contributed by atoms with Crippen LogP contribution in [-0.2, 0) is 20.6 Å². The molecule has 20 heavy (non-hydrogen) atoms. The van der Waals surface area contributed by atoms with E-state index in [1.54, 1.807) is 0 Å². The third-order valence-corrected chi connectivity index (χ3v) is 4.43. The van der Waals surface area contributed by atoms with Gasteiger partial charge in [0.1, 0.15) is 6.54 Å². The van der Waals surface area contributed by atoms with Crippen molar-refractivity contribution in [2.24, 2.45) is 0 Å². The van der Waals surface area contributed by atoms with Crippen molar-refractivity contribution >= 4 is 21.7 Å². The van der Waals surface area contributed by atoms with Gasteiger partial charge in [0.25, 0.3) is 5.69 Å². The molecule has 0 aliphatic carbocycles. The van der Waals surface area contributed by atoms with Gasteiger partial charge in [0.15, 0.2) is 0 Å². The molecule has 0 aliphatic heterocycles. The molecule has 0 unspecified atom stereocenters. The highest BCUT2D eigenvalue weighted by molar-refractivity contribution is 7.88. The van der Waals surface area contributed by atoms with Gasteiger partial charge in [0, 0.05) is 18.7 Å². The van der Waals surface area contributed by atoms with Crippen molar-refractivity contribution in [1.82, 2.24) is 4.31 Å². The van der Waals surface area contributed by atoms with Crippen LogP contribution in [0.3, 0.4) is 0 Å². The van der Waals surface area contributed by atoms with Crippen LogP contribution < -0.4 is 0 Å². The standard InChI is InChI=1S/C11H14N2O6S/c1-2-12(7-11(14)15)20(18,19)8-9-3-5-10(6-4-9)13(16)17/h3-6H,2,7-8H2,1H3,(H,14,15). The third-order valence-electron chi connectivity index (χ3n) is 2.55. The first-order valence-corrected chi connectivity index (χ1v) is 7.30. The Kier molecular flexibility index (Phi) is 5.17. The first-order chi connectivity index (χ1) is 9.26. The van der Waals surface area contributed by atoms with Gasteiger partial charge >= 0.3 is 5.97 Å². The van der Waals surface area contributed by atoms with Gasteiger partial charge in [-0.3, -0.25) is 14.9 Å². The number of rotatable bonds is 7. The van der Waals surface area contributed by atoms with E-state index < -0.39 is 33.2 Å². The monoisotopic (exact) mass is 302 g/mol. The Bertz CT molecular complexity index is 596. The fourth-order valence-electron chi connectivity index (χ4n) is 1.57. The van der Waals surface area contributed by atoms with Crippen molar-refractivity contribution in [2.45, 2.75) is 12.7 Å². The smallest absolute Gasteiger partial charge is 0.318 e. The summed E-state index contributed by atoms with van der Waals surface area (Å²) < 4.78 is 24.9. The highest BCUT2D eigenvalue weighted by atomic mass is 32.2. The van der Waals surface area contributed by atoms with E-state index in [4.69, 9.17) is 5.11 Å². The number of likely N-dealkylation sites (N-methyl/N-ethyl adjacent to an activating group) is 1. The highest BCUT2D eigenvalue weighted by Gasteiger charge is 2.23. The lowest BCUT2D eigenvalue weighted by molar-refractivity contribution is -0.384. The van der Waals surface area contributed by atoms with E-state index >= 15 is 0 Å². The SMILES string of the molecule is CCN(CC(=O)O)S(=O)(=O)Cc1ccc([N+](=O)[O-])cc1. The molecule has 1 N–H and O–H groups in total. The van der Waals surface area contributed by atoms with E-state index in [2.05, 4.69) is 0 Å². The fourth-order valence-corrected chi connectivity index (χ4v) is 3.07. The second-order valence-corrected chi connectivity index (χ2v) is 5.97. The van der Waals surface area contributed by atoms with Gasteiger partial charge in [-0.2, -0.15) is 4.31 Å². The molecule has 9 heteroatoms. The summed E-state index contributed by atoms with van der Waals surface area (Å²) in [6.45, 7) is 0.976. The minimum atomic E-state index is -3.77. The number of hydrogen-bond acceptors (Lipinski definition) is 5. The van der Waals surface area contributed by atoms with Gasteiger partial charge in [0.2, 0.25) is 10.0 Å². The summed E-state index contributed by atoms with van der Waals surface area (Å²) in [5, 5.41) is 19.1. The molecule has 0 radical (unpaired) electrons. The third kappa shape index (κ3) is 4.28. The predicted molar refractivity (Wildman–Crippen MR) is 70.6 cm³/mol. The number of carboxylic acid groups (broad SMARTS) is 1. The van der Waals surface area contributed by atoms with Crippen LogP contribution in [0.15, 0.2) is 24.3 Å². The highest BCUT2D eigenvalue weighted by Crippen LogP contribution is 2.15. The maximum atomic E-state index is 12.0. The largest absolute Gasteiger partial charge is 0.480 e. The van der Waals surface area contributed by atoms with Gasteiger partial charge in [-0.25, -0.2) is 8.42 Å². The first kappa shape index (κ1) is 16.1. The maximum Gasteiger partial charge on any atom is 0.318 e. The second-order valence-electron chi connectivity index (χ2n) is 4.00. The number of nitro groups is 1. The Morgan fingerprint density at radius 1 is 1.35 bits per heavy atom. The van der Waals surface area contributed by atoms with Gasteiger partial charge in [-0.1, -0.05) is 19.1 Å². The maximum absolute atomic E-state index is 12.0. The van der Waals surface area contributed by atoms with E-state index in [0.717, 1.165) is 4.31 Å². The summed E-state index contributed by atoms with van der Waals surface area (Å²) in [6.07, 6.45) is 0. The molecule has 0 bridgehead atoms. The van der Waals surface area contributed by atoms with Gasteiger partial charge < -0.3 is 5.11 Å². The molecular weight excluding hydrogens is 288 g/mol. The minimum Gasteiger partial charge on any atom is -0.480 e. The van der Waals surface area contributed by atoms with Crippen molar-refractivity contribution in [1.29, 1.82) is 0 Å². The van der Waals surface area contributed by atoms with Crippen LogP contribution in [0.25, 0.3) is 0 Å².